The fourth-order valence-electron chi connectivity index (χ4n) is 2.06. The minimum absolute atomic E-state index is 0.0272. The van der Waals surface area contributed by atoms with Gasteiger partial charge in [-0.15, -0.1) is 0 Å². The summed E-state index contributed by atoms with van der Waals surface area (Å²) in [6, 6.07) is 9.18. The molecule has 0 spiro atoms. The standard InChI is InChI=1S/C15H19N3O2/c1-10-5-6-13(14(8-10)18-16)15(19)17-11(2)9-12-4-3-7-20-12/h3-8,11,18H,9,16H2,1-2H3,(H,17,19). The van der Waals surface area contributed by atoms with E-state index in [1.807, 2.05) is 38.1 Å². The van der Waals surface area contributed by atoms with E-state index in [4.69, 9.17) is 10.3 Å². The third-order valence-electron chi connectivity index (χ3n) is 3.04. The summed E-state index contributed by atoms with van der Waals surface area (Å²) in [5.74, 6) is 6.14. The van der Waals surface area contributed by atoms with Gasteiger partial charge in [0.25, 0.3) is 5.91 Å². The Balaban J connectivity index is 2.04. The van der Waals surface area contributed by atoms with Gasteiger partial charge in [-0.05, 0) is 43.7 Å². The quantitative estimate of drug-likeness (QED) is 0.576. The van der Waals surface area contributed by atoms with Crippen molar-refractivity contribution in [1.82, 2.24) is 5.32 Å². The number of nitrogen functional groups attached to an aromatic ring is 1. The van der Waals surface area contributed by atoms with E-state index < -0.39 is 0 Å². The van der Waals surface area contributed by atoms with E-state index in [9.17, 15) is 4.79 Å². The van der Waals surface area contributed by atoms with E-state index in [-0.39, 0.29) is 11.9 Å². The Labute approximate surface area is 118 Å². The molecule has 2 aromatic rings. The highest BCUT2D eigenvalue weighted by molar-refractivity contribution is 5.99. The van der Waals surface area contributed by atoms with Gasteiger partial charge in [0.2, 0.25) is 0 Å². The van der Waals surface area contributed by atoms with Crippen LogP contribution in [0.1, 0.15) is 28.6 Å². The Morgan fingerprint density at radius 3 is 2.85 bits per heavy atom. The highest BCUT2D eigenvalue weighted by Crippen LogP contribution is 2.16. The molecule has 20 heavy (non-hydrogen) atoms. The maximum atomic E-state index is 12.2. The van der Waals surface area contributed by atoms with Crippen molar-refractivity contribution in [2.24, 2.45) is 5.84 Å². The highest BCUT2D eigenvalue weighted by atomic mass is 16.3. The van der Waals surface area contributed by atoms with Crippen molar-refractivity contribution in [1.29, 1.82) is 0 Å². The molecule has 1 amide bonds. The topological polar surface area (TPSA) is 80.3 Å². The zero-order chi connectivity index (χ0) is 14.5. The fourth-order valence-corrected chi connectivity index (χ4v) is 2.06. The zero-order valence-electron chi connectivity index (χ0n) is 11.6. The summed E-state index contributed by atoms with van der Waals surface area (Å²) in [4.78, 5) is 12.2. The van der Waals surface area contributed by atoms with Crippen LogP contribution in [0.25, 0.3) is 0 Å². The SMILES string of the molecule is Cc1ccc(C(=O)NC(C)Cc2ccco2)c(NN)c1. The Hall–Kier alpha value is -2.27. The molecule has 106 valence electrons. The van der Waals surface area contributed by atoms with Crippen molar-refractivity contribution in [3.05, 3.63) is 53.5 Å². The number of nitrogens with one attached hydrogen (secondary N) is 2. The summed E-state index contributed by atoms with van der Waals surface area (Å²) in [5, 5.41) is 2.93. The lowest BCUT2D eigenvalue weighted by molar-refractivity contribution is 0.0940. The predicted octanol–water partition coefficient (Wildman–Crippen LogP) is 2.23. The molecule has 0 saturated carbocycles. The largest absolute Gasteiger partial charge is 0.469 e. The van der Waals surface area contributed by atoms with E-state index in [0.717, 1.165) is 11.3 Å². The van der Waals surface area contributed by atoms with Crippen LogP contribution in [0.15, 0.2) is 41.0 Å². The minimum Gasteiger partial charge on any atom is -0.469 e. The second kappa shape index (κ2) is 6.25. The van der Waals surface area contributed by atoms with Crippen LogP contribution in [-0.2, 0) is 6.42 Å². The van der Waals surface area contributed by atoms with Crippen LogP contribution in [0.5, 0.6) is 0 Å². The van der Waals surface area contributed by atoms with Gasteiger partial charge in [0, 0.05) is 12.5 Å². The third kappa shape index (κ3) is 3.39. The maximum absolute atomic E-state index is 12.2. The number of carbonyl (C=O) groups is 1. The summed E-state index contributed by atoms with van der Waals surface area (Å²) in [6.07, 6.45) is 2.27. The van der Waals surface area contributed by atoms with Gasteiger partial charge in [0.05, 0.1) is 17.5 Å². The fraction of sp³-hybridized carbons (Fsp3) is 0.267. The number of furan rings is 1. The minimum atomic E-state index is -0.156. The number of carbonyl (C=O) groups excluding carboxylic acids is 1. The molecule has 0 fully saturated rings. The first-order valence-corrected chi connectivity index (χ1v) is 6.50. The number of benzene rings is 1. The third-order valence-corrected chi connectivity index (χ3v) is 3.04. The first-order valence-electron chi connectivity index (χ1n) is 6.50. The van der Waals surface area contributed by atoms with Crippen LogP contribution in [0.4, 0.5) is 5.69 Å². The Bertz CT molecular complexity index is 579. The van der Waals surface area contributed by atoms with Gasteiger partial charge < -0.3 is 15.2 Å². The molecule has 4 N–H and O–H groups in total. The number of nitrogens with two attached hydrogens (primary N) is 1. The first kappa shape index (κ1) is 14.1. The van der Waals surface area contributed by atoms with Gasteiger partial charge in [-0.2, -0.15) is 0 Å². The van der Waals surface area contributed by atoms with Crippen LogP contribution in [-0.4, -0.2) is 11.9 Å². The molecule has 0 saturated heterocycles. The first-order chi connectivity index (χ1) is 9.60. The summed E-state index contributed by atoms with van der Waals surface area (Å²) in [5.41, 5.74) is 4.75. The lowest BCUT2D eigenvalue weighted by atomic mass is 10.1. The highest BCUT2D eigenvalue weighted by Gasteiger charge is 2.14. The number of amides is 1. The van der Waals surface area contributed by atoms with Gasteiger partial charge in [0.15, 0.2) is 0 Å². The Morgan fingerprint density at radius 1 is 1.40 bits per heavy atom. The zero-order valence-corrected chi connectivity index (χ0v) is 11.6. The maximum Gasteiger partial charge on any atom is 0.253 e. The molecule has 0 bridgehead atoms. The van der Waals surface area contributed by atoms with Crippen LogP contribution < -0.4 is 16.6 Å². The number of rotatable bonds is 5. The smallest absolute Gasteiger partial charge is 0.253 e. The Kier molecular flexibility index (Phi) is 4.42. The van der Waals surface area contributed by atoms with Crippen molar-refractivity contribution in [2.45, 2.75) is 26.3 Å². The molecule has 1 unspecified atom stereocenters. The number of anilines is 1. The number of hydrogen-bond donors (Lipinski definition) is 3. The average molecular weight is 273 g/mol. The average Bonchev–Trinajstić information content (AvgIpc) is 2.90. The molecule has 5 nitrogen and oxygen atoms in total. The van der Waals surface area contributed by atoms with Gasteiger partial charge >= 0.3 is 0 Å². The summed E-state index contributed by atoms with van der Waals surface area (Å²) >= 11 is 0. The lowest BCUT2D eigenvalue weighted by Crippen LogP contribution is -2.34. The molecule has 1 aromatic heterocycles. The van der Waals surface area contributed by atoms with E-state index in [1.165, 1.54) is 0 Å². The second-order valence-corrected chi connectivity index (χ2v) is 4.85. The van der Waals surface area contributed by atoms with E-state index in [2.05, 4.69) is 10.7 Å². The molecule has 1 heterocycles. The Morgan fingerprint density at radius 2 is 2.20 bits per heavy atom. The van der Waals surface area contributed by atoms with Gasteiger partial charge in [-0.25, -0.2) is 0 Å². The summed E-state index contributed by atoms with van der Waals surface area (Å²) in [7, 11) is 0. The normalized spacial score (nSPS) is 11.9. The molecule has 0 aliphatic heterocycles. The molecule has 2 rings (SSSR count). The molecule has 5 heteroatoms. The molecule has 1 atom stereocenters. The van der Waals surface area contributed by atoms with Crippen molar-refractivity contribution in [2.75, 3.05) is 5.43 Å². The molecular formula is C15H19N3O2. The monoisotopic (exact) mass is 273 g/mol. The molecule has 0 radical (unpaired) electrons. The summed E-state index contributed by atoms with van der Waals surface area (Å²) < 4.78 is 5.27. The van der Waals surface area contributed by atoms with Crippen LogP contribution >= 0.6 is 0 Å². The molecule has 1 aromatic carbocycles. The molecular weight excluding hydrogens is 254 g/mol. The van der Waals surface area contributed by atoms with Gasteiger partial charge in [0.1, 0.15) is 5.76 Å². The van der Waals surface area contributed by atoms with E-state index >= 15 is 0 Å². The van der Waals surface area contributed by atoms with Gasteiger partial charge in [-0.1, -0.05) is 6.07 Å². The van der Waals surface area contributed by atoms with Crippen molar-refractivity contribution in [3.63, 3.8) is 0 Å². The lowest BCUT2D eigenvalue weighted by Gasteiger charge is -2.15. The van der Waals surface area contributed by atoms with E-state index in [1.54, 1.807) is 12.3 Å². The number of hydrazine groups is 1. The van der Waals surface area contributed by atoms with Crippen molar-refractivity contribution < 1.29 is 9.21 Å². The van der Waals surface area contributed by atoms with Crippen LogP contribution in [0.2, 0.25) is 0 Å². The number of hydrogen-bond acceptors (Lipinski definition) is 4. The predicted molar refractivity (Wildman–Crippen MR) is 78.3 cm³/mol. The molecule has 0 aliphatic carbocycles. The summed E-state index contributed by atoms with van der Waals surface area (Å²) in [6.45, 7) is 3.88. The second-order valence-electron chi connectivity index (χ2n) is 4.85. The van der Waals surface area contributed by atoms with Crippen molar-refractivity contribution in [3.8, 4) is 0 Å². The van der Waals surface area contributed by atoms with E-state index in [0.29, 0.717) is 17.7 Å². The van der Waals surface area contributed by atoms with Crippen molar-refractivity contribution >= 4 is 11.6 Å². The molecule has 0 aliphatic rings. The van der Waals surface area contributed by atoms with Crippen LogP contribution in [0.3, 0.4) is 0 Å². The van der Waals surface area contributed by atoms with Crippen LogP contribution in [0, 0.1) is 6.92 Å². The van der Waals surface area contributed by atoms with Gasteiger partial charge in [-0.3, -0.25) is 10.6 Å². The number of aryl methyl sites for hydroxylation is 1.